The van der Waals surface area contributed by atoms with Crippen molar-refractivity contribution in [2.75, 3.05) is 25.7 Å². The molecule has 0 amide bonds. The molecule has 2 aromatic heterocycles. The first-order valence-corrected chi connectivity index (χ1v) is 12.4. The summed E-state index contributed by atoms with van der Waals surface area (Å²) >= 11 is 1.86. The zero-order valence-corrected chi connectivity index (χ0v) is 19.8. The summed E-state index contributed by atoms with van der Waals surface area (Å²) in [6, 6.07) is 15.1. The Hall–Kier alpha value is -3.12. The SMILES string of the molecule is COc1cc2c(cc1OC)C(c1ccccc1)N(c1ncnc3sc4c(c13)CCCC4)CC2. The molecular weight excluding hydrogens is 430 g/mol. The van der Waals surface area contributed by atoms with Gasteiger partial charge in [0.1, 0.15) is 17.0 Å². The number of aryl methyl sites for hydroxylation is 2. The van der Waals surface area contributed by atoms with E-state index in [1.165, 1.54) is 45.4 Å². The average Bonchev–Trinajstić information content (AvgIpc) is 3.26. The molecule has 1 atom stereocenters. The highest BCUT2D eigenvalue weighted by Crippen LogP contribution is 2.46. The summed E-state index contributed by atoms with van der Waals surface area (Å²) < 4.78 is 11.3. The first-order valence-electron chi connectivity index (χ1n) is 11.6. The van der Waals surface area contributed by atoms with E-state index in [9.17, 15) is 0 Å². The summed E-state index contributed by atoms with van der Waals surface area (Å²) in [6.07, 6.45) is 7.48. The van der Waals surface area contributed by atoms with Gasteiger partial charge in [0.15, 0.2) is 11.5 Å². The fourth-order valence-corrected chi connectivity index (χ4v) is 6.68. The van der Waals surface area contributed by atoms with E-state index >= 15 is 0 Å². The third-order valence-corrected chi connectivity index (χ3v) is 8.19. The van der Waals surface area contributed by atoms with Gasteiger partial charge < -0.3 is 14.4 Å². The lowest BCUT2D eigenvalue weighted by Gasteiger charge is -2.39. The van der Waals surface area contributed by atoms with Gasteiger partial charge in [0.25, 0.3) is 0 Å². The molecule has 33 heavy (non-hydrogen) atoms. The van der Waals surface area contributed by atoms with Gasteiger partial charge >= 0.3 is 0 Å². The fraction of sp³-hybridized carbons (Fsp3) is 0.333. The van der Waals surface area contributed by atoms with Gasteiger partial charge in [0, 0.05) is 11.4 Å². The number of hydrogen-bond donors (Lipinski definition) is 0. The molecule has 0 bridgehead atoms. The molecular formula is C27H27N3O2S. The first-order chi connectivity index (χ1) is 16.3. The van der Waals surface area contributed by atoms with Crippen LogP contribution in [0.1, 0.15) is 46.0 Å². The molecule has 3 heterocycles. The summed E-state index contributed by atoms with van der Waals surface area (Å²) in [7, 11) is 3.40. The highest BCUT2D eigenvalue weighted by Gasteiger charge is 2.33. The summed E-state index contributed by atoms with van der Waals surface area (Å²) in [6.45, 7) is 0.888. The van der Waals surface area contributed by atoms with E-state index in [0.29, 0.717) is 0 Å². The zero-order valence-electron chi connectivity index (χ0n) is 19.0. The van der Waals surface area contributed by atoms with Crippen LogP contribution in [0.25, 0.3) is 10.2 Å². The van der Waals surface area contributed by atoms with Gasteiger partial charge in [-0.05, 0) is 66.5 Å². The van der Waals surface area contributed by atoms with E-state index in [1.807, 2.05) is 11.3 Å². The Morgan fingerprint density at radius 2 is 1.73 bits per heavy atom. The first kappa shape index (κ1) is 20.5. The number of anilines is 1. The van der Waals surface area contributed by atoms with Crippen molar-refractivity contribution in [3.05, 3.63) is 75.9 Å². The number of thiophene rings is 1. The molecule has 6 heteroatoms. The van der Waals surface area contributed by atoms with E-state index in [1.54, 1.807) is 20.5 Å². The van der Waals surface area contributed by atoms with Crippen LogP contribution in [0.2, 0.25) is 0 Å². The molecule has 0 N–H and O–H groups in total. The molecule has 2 aromatic carbocycles. The third-order valence-electron chi connectivity index (χ3n) is 6.99. The Kier molecular flexibility index (Phi) is 5.18. The number of nitrogens with zero attached hydrogens (tertiary/aromatic N) is 3. The molecule has 0 saturated heterocycles. The van der Waals surface area contributed by atoms with Gasteiger partial charge in [-0.25, -0.2) is 9.97 Å². The molecule has 0 radical (unpaired) electrons. The van der Waals surface area contributed by atoms with Crippen molar-refractivity contribution < 1.29 is 9.47 Å². The maximum Gasteiger partial charge on any atom is 0.161 e. The number of fused-ring (bicyclic) bond motifs is 4. The maximum absolute atomic E-state index is 5.69. The highest BCUT2D eigenvalue weighted by molar-refractivity contribution is 7.19. The van der Waals surface area contributed by atoms with E-state index in [-0.39, 0.29) is 6.04 Å². The second kappa shape index (κ2) is 8.34. The molecule has 168 valence electrons. The summed E-state index contributed by atoms with van der Waals surface area (Å²) in [5.41, 5.74) is 5.28. The van der Waals surface area contributed by atoms with Crippen LogP contribution in [0.15, 0.2) is 48.8 Å². The molecule has 0 fully saturated rings. The Balaban J connectivity index is 1.57. The Morgan fingerprint density at radius 3 is 2.55 bits per heavy atom. The van der Waals surface area contributed by atoms with Crippen molar-refractivity contribution in [3.63, 3.8) is 0 Å². The predicted molar refractivity (Wildman–Crippen MR) is 133 cm³/mol. The molecule has 2 aliphatic rings. The molecule has 1 aliphatic heterocycles. The standard InChI is InChI=1S/C27H27N3O2S/c1-31-21-14-18-12-13-30(25(17-8-4-3-5-9-17)20(18)15-22(21)32-2)26-24-19-10-6-7-11-23(19)33-27(24)29-16-28-26/h3-5,8-9,14-16,25H,6-7,10-13H2,1-2H3. The number of methoxy groups -OCH3 is 2. The second-order valence-electron chi connectivity index (χ2n) is 8.75. The van der Waals surface area contributed by atoms with Crippen molar-refractivity contribution in [2.45, 2.75) is 38.1 Å². The van der Waals surface area contributed by atoms with Gasteiger partial charge in [0.05, 0.1) is 25.6 Å². The molecule has 0 saturated carbocycles. The van der Waals surface area contributed by atoms with Crippen molar-refractivity contribution in [1.82, 2.24) is 9.97 Å². The van der Waals surface area contributed by atoms with Crippen LogP contribution in [-0.2, 0) is 19.3 Å². The Labute approximate surface area is 198 Å². The van der Waals surface area contributed by atoms with Crippen LogP contribution in [0.5, 0.6) is 11.5 Å². The molecule has 1 unspecified atom stereocenters. The number of aromatic nitrogens is 2. The summed E-state index contributed by atoms with van der Waals surface area (Å²) in [5.74, 6) is 2.61. The highest BCUT2D eigenvalue weighted by atomic mass is 32.1. The number of hydrogen-bond acceptors (Lipinski definition) is 6. The molecule has 0 spiro atoms. The quantitative estimate of drug-likeness (QED) is 0.391. The van der Waals surface area contributed by atoms with Gasteiger partial charge in [-0.3, -0.25) is 0 Å². The van der Waals surface area contributed by atoms with Crippen LogP contribution in [0.3, 0.4) is 0 Å². The van der Waals surface area contributed by atoms with Crippen molar-refractivity contribution in [3.8, 4) is 11.5 Å². The number of benzene rings is 2. The minimum absolute atomic E-state index is 0.0481. The monoisotopic (exact) mass is 457 g/mol. The van der Waals surface area contributed by atoms with E-state index in [2.05, 4.69) is 52.3 Å². The van der Waals surface area contributed by atoms with Crippen LogP contribution < -0.4 is 14.4 Å². The van der Waals surface area contributed by atoms with E-state index < -0.39 is 0 Å². The van der Waals surface area contributed by atoms with E-state index in [0.717, 1.165) is 48.0 Å². The van der Waals surface area contributed by atoms with Crippen LogP contribution in [0, 0.1) is 0 Å². The van der Waals surface area contributed by atoms with Gasteiger partial charge in [-0.2, -0.15) is 0 Å². The minimum atomic E-state index is 0.0481. The van der Waals surface area contributed by atoms with Gasteiger partial charge in [-0.15, -0.1) is 11.3 Å². The maximum atomic E-state index is 5.69. The van der Waals surface area contributed by atoms with Crippen molar-refractivity contribution in [2.24, 2.45) is 0 Å². The Morgan fingerprint density at radius 1 is 0.939 bits per heavy atom. The molecule has 6 rings (SSSR count). The third kappa shape index (κ3) is 3.35. The van der Waals surface area contributed by atoms with Gasteiger partial charge in [0.2, 0.25) is 0 Å². The Bertz CT molecular complexity index is 1320. The molecule has 1 aliphatic carbocycles. The van der Waals surface area contributed by atoms with Crippen LogP contribution in [0.4, 0.5) is 5.82 Å². The molecule has 5 nitrogen and oxygen atoms in total. The topological polar surface area (TPSA) is 47.5 Å². The lowest BCUT2D eigenvalue weighted by atomic mass is 9.87. The fourth-order valence-electron chi connectivity index (χ4n) is 5.46. The van der Waals surface area contributed by atoms with E-state index in [4.69, 9.17) is 14.5 Å². The average molecular weight is 458 g/mol. The largest absolute Gasteiger partial charge is 0.493 e. The van der Waals surface area contributed by atoms with Crippen molar-refractivity contribution in [1.29, 1.82) is 0 Å². The van der Waals surface area contributed by atoms with Crippen molar-refractivity contribution >= 4 is 27.4 Å². The van der Waals surface area contributed by atoms with Crippen LogP contribution >= 0.6 is 11.3 Å². The second-order valence-corrected chi connectivity index (χ2v) is 9.83. The lowest BCUT2D eigenvalue weighted by molar-refractivity contribution is 0.353. The lowest BCUT2D eigenvalue weighted by Crippen LogP contribution is -2.37. The number of rotatable bonds is 4. The summed E-state index contributed by atoms with van der Waals surface area (Å²) in [5, 5.41) is 1.27. The minimum Gasteiger partial charge on any atom is -0.493 e. The smallest absolute Gasteiger partial charge is 0.161 e. The molecule has 4 aromatic rings. The summed E-state index contributed by atoms with van der Waals surface area (Å²) in [4.78, 5) is 14.7. The van der Waals surface area contributed by atoms with Crippen LogP contribution in [-0.4, -0.2) is 30.7 Å². The number of ether oxygens (including phenoxy) is 2. The zero-order chi connectivity index (χ0) is 22.4. The normalized spacial score (nSPS) is 17.5. The predicted octanol–water partition coefficient (Wildman–Crippen LogP) is 5.74. The van der Waals surface area contributed by atoms with Gasteiger partial charge in [-0.1, -0.05) is 30.3 Å².